The quantitative estimate of drug-likeness (QED) is 0.733. The Bertz CT molecular complexity index is 836. The van der Waals surface area contributed by atoms with Gasteiger partial charge in [-0.1, -0.05) is 12.1 Å². The molecule has 25 heavy (non-hydrogen) atoms. The highest BCUT2D eigenvalue weighted by atomic mass is 19.1. The Morgan fingerprint density at radius 1 is 1.20 bits per heavy atom. The van der Waals surface area contributed by atoms with Gasteiger partial charge in [0.05, 0.1) is 24.6 Å². The first kappa shape index (κ1) is 15.9. The van der Waals surface area contributed by atoms with Crippen molar-refractivity contribution in [2.75, 3.05) is 19.7 Å². The van der Waals surface area contributed by atoms with Gasteiger partial charge in [0.1, 0.15) is 5.82 Å². The number of halogens is 1. The Morgan fingerprint density at radius 2 is 2.16 bits per heavy atom. The average Bonchev–Trinajstić information content (AvgIpc) is 3.11. The molecule has 0 N–H and O–H groups in total. The van der Waals surface area contributed by atoms with E-state index in [-0.39, 0.29) is 11.9 Å². The molecule has 2 aromatic heterocycles. The van der Waals surface area contributed by atoms with Gasteiger partial charge in [-0.3, -0.25) is 9.88 Å². The zero-order valence-electron chi connectivity index (χ0n) is 13.8. The lowest BCUT2D eigenvalue weighted by atomic mass is 10.1. The maximum atomic E-state index is 13.4. The van der Waals surface area contributed by atoms with Gasteiger partial charge in [-0.2, -0.15) is 5.10 Å². The van der Waals surface area contributed by atoms with Gasteiger partial charge >= 0.3 is 0 Å². The molecular formula is C19H19FN4O. The number of hydrogen-bond acceptors (Lipinski definition) is 4. The number of benzene rings is 1. The number of aromatic nitrogens is 3. The molecule has 0 saturated carbocycles. The van der Waals surface area contributed by atoms with E-state index >= 15 is 0 Å². The maximum absolute atomic E-state index is 13.4. The zero-order valence-corrected chi connectivity index (χ0v) is 13.8. The SMILES string of the molecule is Fc1cccc(-n2cc(CN3CCO[C@H](c4cccnc4)C3)cn2)c1. The van der Waals surface area contributed by atoms with Crippen LogP contribution in [0, 0.1) is 5.82 Å². The summed E-state index contributed by atoms with van der Waals surface area (Å²) in [5, 5.41) is 4.35. The second-order valence-corrected chi connectivity index (χ2v) is 6.15. The molecule has 0 aliphatic carbocycles. The lowest BCUT2D eigenvalue weighted by molar-refractivity contribution is -0.0330. The van der Waals surface area contributed by atoms with Gasteiger partial charge in [0.25, 0.3) is 0 Å². The van der Waals surface area contributed by atoms with Crippen LogP contribution >= 0.6 is 0 Å². The number of rotatable bonds is 4. The molecule has 128 valence electrons. The van der Waals surface area contributed by atoms with E-state index in [0.29, 0.717) is 6.61 Å². The van der Waals surface area contributed by atoms with Crippen LogP contribution in [0.1, 0.15) is 17.2 Å². The molecular weight excluding hydrogens is 319 g/mol. The van der Waals surface area contributed by atoms with Crippen molar-refractivity contribution in [3.05, 3.63) is 78.1 Å². The molecule has 4 rings (SSSR count). The topological polar surface area (TPSA) is 43.2 Å². The van der Waals surface area contributed by atoms with Gasteiger partial charge in [-0.05, 0) is 24.3 Å². The van der Waals surface area contributed by atoms with Crippen LogP contribution in [0.25, 0.3) is 5.69 Å². The largest absolute Gasteiger partial charge is 0.371 e. The summed E-state index contributed by atoms with van der Waals surface area (Å²) in [5.41, 5.74) is 2.92. The van der Waals surface area contributed by atoms with E-state index in [0.717, 1.165) is 36.4 Å². The summed E-state index contributed by atoms with van der Waals surface area (Å²) in [6.45, 7) is 3.17. The van der Waals surface area contributed by atoms with Gasteiger partial charge in [0, 0.05) is 49.4 Å². The fraction of sp³-hybridized carbons (Fsp3) is 0.263. The second-order valence-electron chi connectivity index (χ2n) is 6.15. The zero-order chi connectivity index (χ0) is 17.1. The number of ether oxygens (including phenoxy) is 1. The first-order valence-corrected chi connectivity index (χ1v) is 8.31. The molecule has 1 saturated heterocycles. The fourth-order valence-corrected chi connectivity index (χ4v) is 3.07. The number of hydrogen-bond donors (Lipinski definition) is 0. The molecule has 1 aliphatic rings. The molecule has 0 bridgehead atoms. The summed E-state index contributed by atoms with van der Waals surface area (Å²) in [4.78, 5) is 6.51. The molecule has 6 heteroatoms. The van der Waals surface area contributed by atoms with Gasteiger partial charge in [-0.15, -0.1) is 0 Å². The Balaban J connectivity index is 1.44. The van der Waals surface area contributed by atoms with Crippen molar-refractivity contribution >= 4 is 0 Å². The van der Waals surface area contributed by atoms with Crippen LogP contribution in [-0.4, -0.2) is 39.4 Å². The summed E-state index contributed by atoms with van der Waals surface area (Å²) < 4.78 is 20.9. The molecule has 3 heterocycles. The molecule has 0 spiro atoms. The highest BCUT2D eigenvalue weighted by Crippen LogP contribution is 2.22. The Kier molecular flexibility index (Phi) is 4.54. The van der Waals surface area contributed by atoms with Gasteiger partial charge in [-0.25, -0.2) is 9.07 Å². The van der Waals surface area contributed by atoms with E-state index in [9.17, 15) is 4.39 Å². The highest BCUT2D eigenvalue weighted by Gasteiger charge is 2.22. The van der Waals surface area contributed by atoms with Gasteiger partial charge in [0.15, 0.2) is 0 Å². The standard InChI is InChI=1S/C19H19FN4O/c20-17-4-1-5-18(9-17)24-13-15(10-22-24)12-23-7-8-25-19(14-23)16-3-2-6-21-11-16/h1-6,9-11,13,19H,7-8,12,14H2/t19-/m0/s1. The molecule has 0 amide bonds. The minimum Gasteiger partial charge on any atom is -0.371 e. The van der Waals surface area contributed by atoms with Crippen molar-refractivity contribution < 1.29 is 9.13 Å². The van der Waals surface area contributed by atoms with Crippen LogP contribution in [0.15, 0.2) is 61.2 Å². The minimum absolute atomic E-state index is 0.0423. The van der Waals surface area contributed by atoms with E-state index in [1.54, 1.807) is 16.9 Å². The lowest BCUT2D eigenvalue weighted by Gasteiger charge is -2.32. The molecule has 0 unspecified atom stereocenters. The molecule has 3 aromatic rings. The summed E-state index contributed by atoms with van der Waals surface area (Å²) in [7, 11) is 0. The summed E-state index contributed by atoms with van der Waals surface area (Å²) in [6.07, 6.45) is 7.45. The van der Waals surface area contributed by atoms with Crippen LogP contribution in [0.2, 0.25) is 0 Å². The van der Waals surface area contributed by atoms with Crippen LogP contribution in [-0.2, 0) is 11.3 Å². The number of nitrogens with zero attached hydrogens (tertiary/aromatic N) is 4. The maximum Gasteiger partial charge on any atom is 0.125 e. The Morgan fingerprint density at radius 3 is 3.00 bits per heavy atom. The third kappa shape index (κ3) is 3.75. The third-order valence-electron chi connectivity index (χ3n) is 4.32. The average molecular weight is 338 g/mol. The molecule has 5 nitrogen and oxygen atoms in total. The lowest BCUT2D eigenvalue weighted by Crippen LogP contribution is -2.37. The Labute approximate surface area is 145 Å². The molecule has 1 aromatic carbocycles. The van der Waals surface area contributed by atoms with E-state index in [1.807, 2.05) is 36.8 Å². The van der Waals surface area contributed by atoms with Crippen LogP contribution < -0.4 is 0 Å². The second kappa shape index (κ2) is 7.13. The highest BCUT2D eigenvalue weighted by molar-refractivity contribution is 5.31. The van der Waals surface area contributed by atoms with Crippen molar-refractivity contribution in [3.8, 4) is 5.69 Å². The monoisotopic (exact) mass is 338 g/mol. The summed E-state index contributed by atoms with van der Waals surface area (Å²) in [5.74, 6) is -0.262. The first-order valence-electron chi connectivity index (χ1n) is 8.31. The predicted octanol–water partition coefficient (Wildman–Crippen LogP) is 2.98. The van der Waals surface area contributed by atoms with E-state index < -0.39 is 0 Å². The van der Waals surface area contributed by atoms with Crippen molar-refractivity contribution in [1.29, 1.82) is 0 Å². The molecule has 1 aliphatic heterocycles. The summed E-state index contributed by atoms with van der Waals surface area (Å²) in [6, 6.07) is 10.4. The Hall–Kier alpha value is -2.57. The van der Waals surface area contributed by atoms with Crippen molar-refractivity contribution in [3.63, 3.8) is 0 Å². The number of morpholine rings is 1. The normalized spacial score (nSPS) is 18.4. The van der Waals surface area contributed by atoms with Crippen molar-refractivity contribution in [2.24, 2.45) is 0 Å². The molecule has 1 fully saturated rings. The summed E-state index contributed by atoms with van der Waals surface area (Å²) >= 11 is 0. The molecule has 0 radical (unpaired) electrons. The minimum atomic E-state index is -0.262. The van der Waals surface area contributed by atoms with Gasteiger partial charge < -0.3 is 4.74 Å². The van der Waals surface area contributed by atoms with Crippen molar-refractivity contribution in [2.45, 2.75) is 12.6 Å². The van der Waals surface area contributed by atoms with Crippen molar-refractivity contribution in [1.82, 2.24) is 19.7 Å². The first-order chi connectivity index (χ1) is 12.3. The third-order valence-corrected chi connectivity index (χ3v) is 4.32. The van der Waals surface area contributed by atoms with E-state index in [2.05, 4.69) is 15.0 Å². The van der Waals surface area contributed by atoms with E-state index in [1.165, 1.54) is 12.1 Å². The van der Waals surface area contributed by atoms with Crippen LogP contribution in [0.4, 0.5) is 4.39 Å². The van der Waals surface area contributed by atoms with E-state index in [4.69, 9.17) is 4.74 Å². The fourth-order valence-electron chi connectivity index (χ4n) is 3.07. The predicted molar refractivity (Wildman–Crippen MR) is 91.7 cm³/mol. The smallest absolute Gasteiger partial charge is 0.125 e. The van der Waals surface area contributed by atoms with Gasteiger partial charge in [0.2, 0.25) is 0 Å². The molecule has 1 atom stereocenters. The van der Waals surface area contributed by atoms with Crippen LogP contribution in [0.5, 0.6) is 0 Å². The number of pyridine rings is 1. The van der Waals surface area contributed by atoms with Crippen LogP contribution in [0.3, 0.4) is 0 Å².